The molecule has 164 valence electrons. The maximum atomic E-state index is 11.6. The van der Waals surface area contributed by atoms with E-state index >= 15 is 0 Å². The first kappa shape index (κ1) is 28.5. The Bertz CT molecular complexity index is 508. The number of ether oxygens (including phenoxy) is 1. The van der Waals surface area contributed by atoms with E-state index in [1.54, 1.807) is 4.31 Å². The third-order valence-electron chi connectivity index (χ3n) is 4.62. The van der Waals surface area contributed by atoms with Crippen LogP contribution in [0.15, 0.2) is 0 Å². The SMILES string of the molecule is CC.CC.CC(=O)NC(C)(C)CCOC(C)(C)C1CCN(S(C)(=O)=O)CC1. The molecule has 1 aliphatic rings. The second-order valence-electron chi connectivity index (χ2n) is 7.70. The Morgan fingerprint density at radius 2 is 1.52 bits per heavy atom. The Labute approximate surface area is 168 Å². The van der Waals surface area contributed by atoms with Crippen LogP contribution >= 0.6 is 0 Å². The van der Waals surface area contributed by atoms with Crippen molar-refractivity contribution >= 4 is 15.9 Å². The first-order valence-electron chi connectivity index (χ1n) is 10.2. The van der Waals surface area contributed by atoms with Crippen LogP contribution in [0.5, 0.6) is 0 Å². The van der Waals surface area contributed by atoms with Crippen molar-refractivity contribution in [2.45, 2.75) is 92.7 Å². The molecular formula is C20H44N2O4S. The molecule has 1 rings (SSSR count). The van der Waals surface area contributed by atoms with Gasteiger partial charge in [-0.3, -0.25) is 4.79 Å². The first-order valence-corrected chi connectivity index (χ1v) is 12.1. The van der Waals surface area contributed by atoms with Crippen LogP contribution in [0, 0.1) is 5.92 Å². The van der Waals surface area contributed by atoms with E-state index in [0.717, 1.165) is 19.3 Å². The smallest absolute Gasteiger partial charge is 0.217 e. The third kappa shape index (κ3) is 11.7. The van der Waals surface area contributed by atoms with E-state index in [0.29, 0.717) is 25.6 Å². The summed E-state index contributed by atoms with van der Waals surface area (Å²) in [5, 5.41) is 2.92. The van der Waals surface area contributed by atoms with Crippen LogP contribution in [0.1, 0.15) is 81.6 Å². The van der Waals surface area contributed by atoms with Gasteiger partial charge in [0, 0.05) is 32.2 Å². The molecule has 0 saturated carbocycles. The highest BCUT2D eigenvalue weighted by atomic mass is 32.2. The van der Waals surface area contributed by atoms with Gasteiger partial charge < -0.3 is 10.1 Å². The average molecular weight is 409 g/mol. The highest BCUT2D eigenvalue weighted by Crippen LogP contribution is 2.32. The molecule has 1 saturated heterocycles. The number of sulfonamides is 1. The monoisotopic (exact) mass is 408 g/mol. The molecule has 0 bridgehead atoms. The van der Waals surface area contributed by atoms with Crippen LogP contribution in [0.4, 0.5) is 0 Å². The summed E-state index contributed by atoms with van der Waals surface area (Å²) in [6.07, 6.45) is 3.63. The molecule has 1 aliphatic heterocycles. The lowest BCUT2D eigenvalue weighted by Crippen LogP contribution is -2.46. The molecule has 0 atom stereocenters. The predicted octanol–water partition coefficient (Wildman–Crippen LogP) is 3.81. The van der Waals surface area contributed by atoms with Crippen molar-refractivity contribution in [1.29, 1.82) is 0 Å². The number of rotatable bonds is 7. The Balaban J connectivity index is 0. The van der Waals surface area contributed by atoms with Gasteiger partial charge in [-0.2, -0.15) is 0 Å². The number of hydrogen-bond acceptors (Lipinski definition) is 4. The summed E-state index contributed by atoms with van der Waals surface area (Å²) >= 11 is 0. The zero-order valence-electron chi connectivity index (χ0n) is 19.3. The van der Waals surface area contributed by atoms with Crippen molar-refractivity contribution in [2.75, 3.05) is 26.0 Å². The van der Waals surface area contributed by atoms with Crippen LogP contribution in [0.2, 0.25) is 0 Å². The van der Waals surface area contributed by atoms with Crippen molar-refractivity contribution in [1.82, 2.24) is 9.62 Å². The van der Waals surface area contributed by atoms with Gasteiger partial charge >= 0.3 is 0 Å². The van der Waals surface area contributed by atoms with Crippen molar-refractivity contribution in [3.63, 3.8) is 0 Å². The molecule has 1 fully saturated rings. The Morgan fingerprint density at radius 3 is 1.89 bits per heavy atom. The summed E-state index contributed by atoms with van der Waals surface area (Å²) in [6.45, 7) is 19.3. The Morgan fingerprint density at radius 1 is 1.07 bits per heavy atom. The zero-order chi connectivity index (χ0) is 21.9. The predicted molar refractivity (Wildman–Crippen MR) is 114 cm³/mol. The van der Waals surface area contributed by atoms with E-state index in [2.05, 4.69) is 19.2 Å². The van der Waals surface area contributed by atoms with E-state index in [1.807, 2.05) is 41.5 Å². The molecule has 27 heavy (non-hydrogen) atoms. The molecular weight excluding hydrogens is 364 g/mol. The van der Waals surface area contributed by atoms with E-state index in [4.69, 9.17) is 4.74 Å². The van der Waals surface area contributed by atoms with Crippen LogP contribution in [0.3, 0.4) is 0 Å². The molecule has 1 N–H and O–H groups in total. The summed E-state index contributed by atoms with van der Waals surface area (Å²) < 4.78 is 30.8. The number of nitrogens with zero attached hydrogens (tertiary/aromatic N) is 1. The number of carbonyl (C=O) groups is 1. The largest absolute Gasteiger partial charge is 0.375 e. The lowest BCUT2D eigenvalue weighted by atomic mass is 9.83. The first-order chi connectivity index (χ1) is 12.3. The van der Waals surface area contributed by atoms with Gasteiger partial charge in [0.05, 0.1) is 11.9 Å². The Hall–Kier alpha value is -0.660. The molecule has 6 nitrogen and oxygen atoms in total. The van der Waals surface area contributed by atoms with Gasteiger partial charge in [0.15, 0.2) is 0 Å². The van der Waals surface area contributed by atoms with Gasteiger partial charge in [0.1, 0.15) is 0 Å². The fourth-order valence-corrected chi connectivity index (χ4v) is 3.98. The minimum Gasteiger partial charge on any atom is -0.375 e. The maximum Gasteiger partial charge on any atom is 0.217 e. The van der Waals surface area contributed by atoms with Gasteiger partial charge in [-0.1, -0.05) is 27.7 Å². The fraction of sp³-hybridized carbons (Fsp3) is 0.950. The average Bonchev–Trinajstić information content (AvgIpc) is 2.56. The number of nitrogens with one attached hydrogen (secondary N) is 1. The molecule has 0 radical (unpaired) electrons. The number of hydrogen-bond donors (Lipinski definition) is 1. The summed E-state index contributed by atoms with van der Waals surface area (Å²) in [7, 11) is -3.09. The standard InChI is InChI=1S/C16H32N2O4S.2C2H6/c1-13(19)17-15(2,3)9-12-22-16(4,5)14-7-10-18(11-8-14)23(6,20)21;2*1-2/h14H,7-12H2,1-6H3,(H,17,19);2*1-2H3. The minimum absolute atomic E-state index is 0.0394. The topological polar surface area (TPSA) is 75.7 Å². The molecule has 0 unspecified atom stereocenters. The molecule has 0 aromatic carbocycles. The summed E-state index contributed by atoms with van der Waals surface area (Å²) in [4.78, 5) is 11.2. The van der Waals surface area contributed by atoms with E-state index in [1.165, 1.54) is 13.2 Å². The molecule has 1 heterocycles. The van der Waals surface area contributed by atoms with Crippen LogP contribution in [0.25, 0.3) is 0 Å². The summed E-state index contributed by atoms with van der Waals surface area (Å²) in [5.41, 5.74) is -0.586. The molecule has 0 aliphatic carbocycles. The van der Waals surface area contributed by atoms with Gasteiger partial charge in [-0.15, -0.1) is 0 Å². The molecule has 0 aromatic rings. The van der Waals surface area contributed by atoms with Crippen LogP contribution < -0.4 is 5.32 Å². The minimum atomic E-state index is -3.09. The number of piperidine rings is 1. The summed E-state index contributed by atoms with van der Waals surface area (Å²) in [5.74, 6) is 0.298. The second kappa shape index (κ2) is 12.7. The quantitative estimate of drug-likeness (QED) is 0.695. The normalized spacial score (nSPS) is 16.5. The van der Waals surface area contributed by atoms with Crippen molar-refractivity contribution < 1.29 is 17.9 Å². The highest BCUT2D eigenvalue weighted by Gasteiger charge is 2.35. The van der Waals surface area contributed by atoms with E-state index in [-0.39, 0.29) is 17.0 Å². The van der Waals surface area contributed by atoms with Gasteiger partial charge in [-0.05, 0) is 52.9 Å². The van der Waals surface area contributed by atoms with Crippen LogP contribution in [-0.4, -0.2) is 55.7 Å². The van der Waals surface area contributed by atoms with Crippen molar-refractivity contribution in [3.05, 3.63) is 0 Å². The Kier molecular flexibility index (Phi) is 13.5. The second-order valence-corrected chi connectivity index (χ2v) is 9.69. The van der Waals surface area contributed by atoms with E-state index in [9.17, 15) is 13.2 Å². The lowest BCUT2D eigenvalue weighted by molar-refractivity contribution is -0.121. The van der Waals surface area contributed by atoms with Crippen LogP contribution in [-0.2, 0) is 19.6 Å². The lowest BCUT2D eigenvalue weighted by Gasteiger charge is -2.40. The zero-order valence-corrected chi connectivity index (χ0v) is 20.1. The van der Waals surface area contributed by atoms with Gasteiger partial charge in [0.2, 0.25) is 15.9 Å². The van der Waals surface area contributed by atoms with Gasteiger partial charge in [0.25, 0.3) is 0 Å². The van der Waals surface area contributed by atoms with Crippen molar-refractivity contribution in [2.24, 2.45) is 5.92 Å². The highest BCUT2D eigenvalue weighted by molar-refractivity contribution is 7.88. The number of amides is 1. The molecule has 0 spiro atoms. The molecule has 0 aromatic heterocycles. The fourth-order valence-electron chi connectivity index (χ4n) is 3.11. The summed E-state index contributed by atoms with van der Waals surface area (Å²) in [6, 6.07) is 0. The van der Waals surface area contributed by atoms with Crippen molar-refractivity contribution in [3.8, 4) is 0 Å². The molecule has 7 heteroatoms. The maximum absolute atomic E-state index is 11.6. The van der Waals surface area contributed by atoms with Gasteiger partial charge in [-0.25, -0.2) is 12.7 Å². The van der Waals surface area contributed by atoms with E-state index < -0.39 is 10.0 Å². The number of carbonyl (C=O) groups excluding carboxylic acids is 1. The third-order valence-corrected chi connectivity index (χ3v) is 5.92. The molecule has 1 amide bonds.